The third-order valence-corrected chi connectivity index (χ3v) is 4.93. The molecule has 0 aliphatic rings. The number of benzene rings is 1. The first-order chi connectivity index (χ1) is 9.78. The van der Waals surface area contributed by atoms with Gasteiger partial charge in [-0.25, -0.2) is 9.78 Å². The van der Waals surface area contributed by atoms with Gasteiger partial charge in [-0.2, -0.15) is 0 Å². The van der Waals surface area contributed by atoms with Gasteiger partial charge in [0, 0.05) is 0 Å². The monoisotopic (exact) mass is 305 g/mol. The van der Waals surface area contributed by atoms with Crippen LogP contribution in [0.25, 0.3) is 10.2 Å². The van der Waals surface area contributed by atoms with Gasteiger partial charge in [0.15, 0.2) is 4.34 Å². The highest BCUT2D eigenvalue weighted by atomic mass is 32.2. The maximum Gasteiger partial charge on any atom is 0.341 e. The van der Waals surface area contributed by atoms with Crippen LogP contribution in [0.1, 0.15) is 16.1 Å². The Kier molecular flexibility index (Phi) is 3.75. The number of methoxy groups -OCH3 is 1. The first kappa shape index (κ1) is 13.2. The molecule has 1 aromatic carbocycles. The fourth-order valence-electron chi connectivity index (χ4n) is 1.78. The zero-order valence-corrected chi connectivity index (χ0v) is 12.3. The number of furan rings is 1. The Morgan fingerprint density at radius 3 is 3.05 bits per heavy atom. The van der Waals surface area contributed by atoms with Gasteiger partial charge in [-0.15, -0.1) is 11.3 Å². The van der Waals surface area contributed by atoms with E-state index < -0.39 is 0 Å². The van der Waals surface area contributed by atoms with Crippen molar-refractivity contribution in [3.05, 3.63) is 47.9 Å². The second kappa shape index (κ2) is 5.68. The molecule has 102 valence electrons. The number of thiazole rings is 1. The van der Waals surface area contributed by atoms with E-state index in [0.717, 1.165) is 14.6 Å². The predicted octanol–water partition coefficient (Wildman–Crippen LogP) is 3.97. The standard InChI is InChI=1S/C14H11NO3S2/c1-17-13(16)9-6-7-18-11(9)8-19-14-15-10-4-2-3-5-12(10)20-14/h2-7H,8H2,1H3. The van der Waals surface area contributed by atoms with E-state index in [0.29, 0.717) is 17.1 Å². The van der Waals surface area contributed by atoms with Crippen molar-refractivity contribution in [1.29, 1.82) is 0 Å². The van der Waals surface area contributed by atoms with E-state index >= 15 is 0 Å². The number of carbonyl (C=O) groups is 1. The lowest BCUT2D eigenvalue weighted by Gasteiger charge is -1.99. The summed E-state index contributed by atoms with van der Waals surface area (Å²) in [6.07, 6.45) is 1.50. The minimum absolute atomic E-state index is 0.376. The fourth-order valence-corrected chi connectivity index (χ4v) is 3.80. The highest BCUT2D eigenvalue weighted by Gasteiger charge is 2.15. The molecule has 0 N–H and O–H groups in total. The van der Waals surface area contributed by atoms with E-state index in [-0.39, 0.29) is 5.97 Å². The number of nitrogens with zero attached hydrogens (tertiary/aromatic N) is 1. The van der Waals surface area contributed by atoms with Gasteiger partial charge in [-0.05, 0) is 18.2 Å². The summed E-state index contributed by atoms with van der Waals surface area (Å²) in [6.45, 7) is 0. The molecule has 4 nitrogen and oxygen atoms in total. The van der Waals surface area contributed by atoms with E-state index in [1.165, 1.54) is 13.4 Å². The van der Waals surface area contributed by atoms with Gasteiger partial charge in [0.1, 0.15) is 11.3 Å². The summed E-state index contributed by atoms with van der Waals surface area (Å²) in [4.78, 5) is 16.1. The van der Waals surface area contributed by atoms with Gasteiger partial charge in [0.2, 0.25) is 0 Å². The number of carbonyl (C=O) groups excluding carboxylic acids is 1. The lowest BCUT2D eigenvalue weighted by molar-refractivity contribution is 0.0598. The summed E-state index contributed by atoms with van der Waals surface area (Å²) in [5, 5.41) is 0. The van der Waals surface area contributed by atoms with Crippen LogP contribution in [0.2, 0.25) is 0 Å². The van der Waals surface area contributed by atoms with Crippen molar-refractivity contribution in [2.75, 3.05) is 7.11 Å². The van der Waals surface area contributed by atoms with Gasteiger partial charge in [0.05, 0.1) is 29.3 Å². The van der Waals surface area contributed by atoms with Crippen LogP contribution in [0.15, 0.2) is 45.4 Å². The maximum absolute atomic E-state index is 11.5. The molecule has 0 unspecified atom stereocenters. The van der Waals surface area contributed by atoms with Gasteiger partial charge in [0.25, 0.3) is 0 Å². The Morgan fingerprint density at radius 2 is 2.25 bits per heavy atom. The zero-order valence-electron chi connectivity index (χ0n) is 10.7. The molecule has 0 aliphatic carbocycles. The van der Waals surface area contributed by atoms with Crippen molar-refractivity contribution in [2.45, 2.75) is 10.1 Å². The number of hydrogen-bond acceptors (Lipinski definition) is 6. The number of thioether (sulfide) groups is 1. The van der Waals surface area contributed by atoms with E-state index in [4.69, 9.17) is 9.15 Å². The topological polar surface area (TPSA) is 52.3 Å². The summed E-state index contributed by atoms with van der Waals surface area (Å²) in [6, 6.07) is 9.63. The van der Waals surface area contributed by atoms with Crippen molar-refractivity contribution in [3.63, 3.8) is 0 Å². The Balaban J connectivity index is 1.76. The number of fused-ring (bicyclic) bond motifs is 1. The highest BCUT2D eigenvalue weighted by Crippen LogP contribution is 2.32. The first-order valence-electron chi connectivity index (χ1n) is 5.91. The zero-order chi connectivity index (χ0) is 13.9. The van der Waals surface area contributed by atoms with Gasteiger partial charge in [-0.3, -0.25) is 0 Å². The molecule has 0 radical (unpaired) electrons. The molecule has 3 rings (SSSR count). The molecule has 0 saturated carbocycles. The Morgan fingerprint density at radius 1 is 1.40 bits per heavy atom. The fraction of sp³-hybridized carbons (Fsp3) is 0.143. The molecule has 0 atom stereocenters. The maximum atomic E-state index is 11.5. The lowest BCUT2D eigenvalue weighted by atomic mass is 10.3. The molecular weight excluding hydrogens is 294 g/mol. The van der Waals surface area contributed by atoms with Gasteiger partial charge in [-0.1, -0.05) is 23.9 Å². The van der Waals surface area contributed by atoms with E-state index in [9.17, 15) is 4.79 Å². The molecular formula is C14H11NO3S2. The largest absolute Gasteiger partial charge is 0.468 e. The van der Waals surface area contributed by atoms with Crippen molar-refractivity contribution in [3.8, 4) is 0 Å². The number of hydrogen-bond donors (Lipinski definition) is 0. The van der Waals surface area contributed by atoms with Crippen molar-refractivity contribution in [1.82, 2.24) is 4.98 Å². The average Bonchev–Trinajstić information content (AvgIpc) is 3.10. The van der Waals surface area contributed by atoms with Crippen LogP contribution in [0.5, 0.6) is 0 Å². The van der Waals surface area contributed by atoms with Crippen molar-refractivity contribution >= 4 is 39.3 Å². The van der Waals surface area contributed by atoms with Crippen LogP contribution < -0.4 is 0 Å². The van der Waals surface area contributed by atoms with Crippen LogP contribution in [0.4, 0.5) is 0 Å². The number of ether oxygens (including phenoxy) is 1. The molecule has 0 saturated heterocycles. The molecule has 0 spiro atoms. The van der Waals surface area contributed by atoms with Crippen LogP contribution >= 0.6 is 23.1 Å². The molecule has 2 heterocycles. The molecule has 3 aromatic rings. The van der Waals surface area contributed by atoms with Crippen molar-refractivity contribution in [2.24, 2.45) is 0 Å². The van der Waals surface area contributed by atoms with Crippen LogP contribution in [-0.4, -0.2) is 18.1 Å². The third kappa shape index (κ3) is 2.57. The van der Waals surface area contributed by atoms with Crippen molar-refractivity contribution < 1.29 is 13.9 Å². The predicted molar refractivity (Wildman–Crippen MR) is 79.2 cm³/mol. The number of rotatable bonds is 4. The quantitative estimate of drug-likeness (QED) is 0.539. The van der Waals surface area contributed by atoms with Crippen LogP contribution in [0, 0.1) is 0 Å². The average molecular weight is 305 g/mol. The summed E-state index contributed by atoms with van der Waals surface area (Å²) in [7, 11) is 1.36. The molecule has 6 heteroatoms. The van der Waals surface area contributed by atoms with Gasteiger partial charge >= 0.3 is 5.97 Å². The molecule has 2 aromatic heterocycles. The number of esters is 1. The minimum Gasteiger partial charge on any atom is -0.468 e. The Hall–Kier alpha value is -1.79. The summed E-state index contributed by atoms with van der Waals surface area (Å²) >= 11 is 3.18. The molecule has 0 fully saturated rings. The third-order valence-electron chi connectivity index (χ3n) is 2.75. The number of aromatic nitrogens is 1. The normalized spacial score (nSPS) is 10.8. The first-order valence-corrected chi connectivity index (χ1v) is 7.71. The molecule has 0 bridgehead atoms. The molecule has 20 heavy (non-hydrogen) atoms. The highest BCUT2D eigenvalue weighted by molar-refractivity contribution is 8.00. The lowest BCUT2D eigenvalue weighted by Crippen LogP contribution is -2.02. The second-order valence-corrected chi connectivity index (χ2v) is 6.24. The van der Waals surface area contributed by atoms with E-state index in [2.05, 4.69) is 4.98 Å². The smallest absolute Gasteiger partial charge is 0.341 e. The summed E-state index contributed by atoms with van der Waals surface area (Å²) in [5.74, 6) is 0.789. The van der Waals surface area contributed by atoms with Gasteiger partial charge < -0.3 is 9.15 Å². The number of para-hydroxylation sites is 1. The molecule has 0 aliphatic heterocycles. The van der Waals surface area contributed by atoms with Crippen LogP contribution in [-0.2, 0) is 10.5 Å². The minimum atomic E-state index is -0.376. The molecule has 0 amide bonds. The second-order valence-electron chi connectivity index (χ2n) is 3.99. The Labute approximate surface area is 123 Å². The van der Waals surface area contributed by atoms with Crippen LogP contribution in [0.3, 0.4) is 0 Å². The summed E-state index contributed by atoms with van der Waals surface area (Å²) in [5.41, 5.74) is 1.47. The Bertz CT molecular complexity index is 715. The van der Waals surface area contributed by atoms with E-state index in [1.807, 2.05) is 24.3 Å². The summed E-state index contributed by atoms with van der Waals surface area (Å²) < 4.78 is 12.2. The SMILES string of the molecule is COC(=O)c1ccoc1CSc1nc2ccccc2s1. The van der Waals surface area contributed by atoms with E-state index in [1.54, 1.807) is 29.2 Å².